The summed E-state index contributed by atoms with van der Waals surface area (Å²) in [4.78, 5) is 4.79. The van der Waals surface area contributed by atoms with Crippen LogP contribution in [0.15, 0.2) is 88.1 Å². The molecule has 2 atom stereocenters. The molecule has 0 amide bonds. The monoisotopic (exact) mass is 630 g/mol. The van der Waals surface area contributed by atoms with Crippen LogP contribution < -0.4 is 10.4 Å². The van der Waals surface area contributed by atoms with E-state index in [1.54, 1.807) is 0 Å². The summed E-state index contributed by atoms with van der Waals surface area (Å²) < 4.78 is 39.2. The minimum absolute atomic E-state index is 0.218. The van der Waals surface area contributed by atoms with Crippen LogP contribution in [0.1, 0.15) is 50.7 Å². The van der Waals surface area contributed by atoms with Crippen LogP contribution >= 0.6 is 31.9 Å². The number of nitrogens with zero attached hydrogens (tertiary/aromatic N) is 2. The first-order valence-corrected chi connectivity index (χ1v) is 15.3. The number of imidazole rings is 1. The van der Waals surface area contributed by atoms with Gasteiger partial charge >= 0.3 is 0 Å². The van der Waals surface area contributed by atoms with Crippen molar-refractivity contribution in [3.63, 3.8) is 0 Å². The normalized spacial score (nSPS) is 17.9. The van der Waals surface area contributed by atoms with Crippen molar-refractivity contribution in [1.82, 2.24) is 9.55 Å². The van der Waals surface area contributed by atoms with Gasteiger partial charge in [-0.1, -0.05) is 81.4 Å². The number of fused-ring (bicyclic) bond motifs is 1. The molecule has 1 aliphatic heterocycles. The molecule has 0 fully saturated rings. The highest BCUT2D eigenvalue weighted by Crippen LogP contribution is 2.48. The van der Waals surface area contributed by atoms with Gasteiger partial charge < -0.3 is 8.99 Å². The molecule has 8 heteroatoms. The van der Waals surface area contributed by atoms with Gasteiger partial charge in [0.05, 0.1) is 6.04 Å². The summed E-state index contributed by atoms with van der Waals surface area (Å²) in [7, 11) is -2.88. The van der Waals surface area contributed by atoms with Crippen LogP contribution in [-0.4, -0.2) is 17.9 Å². The number of rotatable bonds is 5. The molecule has 3 nitrogen and oxygen atoms in total. The van der Waals surface area contributed by atoms with E-state index in [0.29, 0.717) is 16.6 Å². The minimum atomic E-state index is -2.88. The molecular formula is C28H26Br2F2N2OSi. The predicted molar refractivity (Wildman–Crippen MR) is 148 cm³/mol. The molecule has 0 bridgehead atoms. The lowest BCUT2D eigenvalue weighted by Crippen LogP contribution is -2.66. The van der Waals surface area contributed by atoms with Gasteiger partial charge in [-0.3, -0.25) is 0 Å². The molecule has 0 aliphatic carbocycles. The van der Waals surface area contributed by atoms with Crippen molar-refractivity contribution in [2.45, 2.75) is 44.4 Å². The Morgan fingerprint density at radius 2 is 1.42 bits per heavy atom. The predicted octanol–water partition coefficient (Wildman–Crippen LogP) is 7.30. The zero-order chi connectivity index (χ0) is 25.7. The number of benzene rings is 3. The van der Waals surface area contributed by atoms with Crippen molar-refractivity contribution in [2.24, 2.45) is 0 Å². The Kier molecular flexibility index (Phi) is 6.83. The van der Waals surface area contributed by atoms with Crippen molar-refractivity contribution in [3.8, 4) is 0 Å². The molecule has 36 heavy (non-hydrogen) atoms. The van der Waals surface area contributed by atoms with Crippen LogP contribution in [0, 0.1) is 11.6 Å². The Bertz CT molecular complexity index is 1330. The zero-order valence-corrected chi connectivity index (χ0v) is 24.4. The Morgan fingerprint density at radius 1 is 0.889 bits per heavy atom. The average Bonchev–Trinajstić information content (AvgIpc) is 3.33. The highest BCUT2D eigenvalue weighted by atomic mass is 79.9. The summed E-state index contributed by atoms with van der Waals surface area (Å²) in [6.07, 6.45) is 0.136. The summed E-state index contributed by atoms with van der Waals surface area (Å²) in [6.45, 7) is 6.68. The molecule has 1 aromatic heterocycles. The summed E-state index contributed by atoms with van der Waals surface area (Å²) >= 11 is 7.17. The fraction of sp³-hybridized carbons (Fsp3) is 0.250. The maximum Gasteiger partial charge on any atom is 0.262 e. The van der Waals surface area contributed by atoms with E-state index in [1.165, 1.54) is 22.5 Å². The molecule has 0 radical (unpaired) electrons. The van der Waals surface area contributed by atoms with Gasteiger partial charge in [0.1, 0.15) is 32.8 Å². The van der Waals surface area contributed by atoms with Gasteiger partial charge in [-0.15, -0.1) is 0 Å². The van der Waals surface area contributed by atoms with Gasteiger partial charge in [0.2, 0.25) is 0 Å². The Morgan fingerprint density at radius 3 is 1.92 bits per heavy atom. The maximum atomic E-state index is 14.2. The topological polar surface area (TPSA) is 27.1 Å². The van der Waals surface area contributed by atoms with Gasteiger partial charge in [-0.25, -0.2) is 13.8 Å². The third-order valence-corrected chi connectivity index (χ3v) is 13.8. The van der Waals surface area contributed by atoms with E-state index in [2.05, 4.69) is 101 Å². The van der Waals surface area contributed by atoms with Crippen LogP contribution in [-0.2, 0) is 4.43 Å². The largest absolute Gasteiger partial charge is 0.397 e. The second-order valence-corrected chi connectivity index (χ2v) is 15.9. The second-order valence-electron chi connectivity index (χ2n) is 10.1. The lowest BCUT2D eigenvalue weighted by atomic mass is 10.0. The molecule has 0 N–H and O–H groups in total. The van der Waals surface area contributed by atoms with Crippen molar-refractivity contribution in [1.29, 1.82) is 0 Å². The number of hydrogen-bond acceptors (Lipinski definition) is 2. The second kappa shape index (κ2) is 9.63. The molecule has 5 rings (SSSR count). The summed E-state index contributed by atoms with van der Waals surface area (Å²) in [5.41, 5.74) is 0.549. The van der Waals surface area contributed by atoms with Crippen molar-refractivity contribution >= 4 is 50.6 Å². The molecule has 3 aromatic carbocycles. The van der Waals surface area contributed by atoms with Crippen LogP contribution in [0.5, 0.6) is 0 Å². The van der Waals surface area contributed by atoms with Gasteiger partial charge in [-0.2, -0.15) is 0 Å². The van der Waals surface area contributed by atoms with Crippen LogP contribution in [0.3, 0.4) is 0 Å². The van der Waals surface area contributed by atoms with E-state index in [-0.39, 0.29) is 17.2 Å². The average molecular weight is 632 g/mol. The molecular weight excluding hydrogens is 606 g/mol. The first-order valence-electron chi connectivity index (χ1n) is 11.8. The summed E-state index contributed by atoms with van der Waals surface area (Å²) in [5, 5.41) is 2.12. The van der Waals surface area contributed by atoms with Crippen LogP contribution in [0.2, 0.25) is 5.04 Å². The van der Waals surface area contributed by atoms with E-state index >= 15 is 0 Å². The molecule has 4 aromatic rings. The first kappa shape index (κ1) is 25.5. The van der Waals surface area contributed by atoms with Crippen molar-refractivity contribution in [3.05, 3.63) is 111 Å². The van der Waals surface area contributed by atoms with Gasteiger partial charge in [0.25, 0.3) is 8.32 Å². The quantitative estimate of drug-likeness (QED) is 0.216. The van der Waals surface area contributed by atoms with Gasteiger partial charge in [0, 0.05) is 12.5 Å². The lowest BCUT2D eigenvalue weighted by molar-refractivity contribution is 0.184. The fourth-order valence-corrected chi connectivity index (χ4v) is 10.9. The molecule has 1 aliphatic rings. The zero-order valence-electron chi connectivity index (χ0n) is 20.2. The standard InChI is InChI=1S/C28H26Br2F2N2OSi/c1-28(2,3)36(21-10-6-4-7-11-21,22-12-8-5-9-13-22)35-24-17-23(18-14-19(31)16-20(32)15-18)34-26(30)25(29)33-27(24)34/h4-16,23-24H,17H2,1-3H3. The number of halogens is 4. The van der Waals surface area contributed by atoms with E-state index in [9.17, 15) is 8.78 Å². The SMILES string of the molecule is CC(C)(C)[Si](OC1CC(c2cc(F)cc(F)c2)n2c1nc(Br)c2Br)(c1ccccc1)c1ccccc1. The Balaban J connectivity index is 1.68. The van der Waals surface area contributed by atoms with E-state index in [4.69, 9.17) is 9.41 Å². The van der Waals surface area contributed by atoms with Gasteiger partial charge in [-0.05, 0) is 65.0 Å². The molecule has 2 unspecified atom stereocenters. The molecule has 186 valence electrons. The fourth-order valence-electron chi connectivity index (χ4n) is 5.40. The van der Waals surface area contributed by atoms with Crippen LogP contribution in [0.4, 0.5) is 8.78 Å². The summed E-state index contributed by atoms with van der Waals surface area (Å²) in [5.74, 6) is -0.465. The minimum Gasteiger partial charge on any atom is -0.397 e. The number of hydrogen-bond donors (Lipinski definition) is 0. The van der Waals surface area contributed by atoms with Crippen LogP contribution in [0.25, 0.3) is 0 Å². The van der Waals surface area contributed by atoms with Gasteiger partial charge in [0.15, 0.2) is 0 Å². The third kappa shape index (κ3) is 4.32. The number of aromatic nitrogens is 2. The molecule has 0 saturated carbocycles. The first-order chi connectivity index (χ1) is 17.1. The summed E-state index contributed by atoms with van der Waals surface area (Å²) in [6, 6.07) is 24.2. The third-order valence-electron chi connectivity index (χ3n) is 6.88. The van der Waals surface area contributed by atoms with Crippen molar-refractivity contribution < 1.29 is 13.2 Å². The molecule has 2 heterocycles. The highest BCUT2D eigenvalue weighted by molar-refractivity contribution is 9.13. The molecule has 0 saturated heterocycles. The maximum absolute atomic E-state index is 14.2. The van der Waals surface area contributed by atoms with Crippen molar-refractivity contribution in [2.75, 3.05) is 0 Å². The van der Waals surface area contributed by atoms with E-state index in [1.807, 2.05) is 16.7 Å². The van der Waals surface area contributed by atoms with E-state index < -0.39 is 20.0 Å². The Hall–Kier alpha value is -2.13. The Labute approximate surface area is 227 Å². The smallest absolute Gasteiger partial charge is 0.262 e. The highest BCUT2D eigenvalue weighted by Gasteiger charge is 2.53. The lowest BCUT2D eigenvalue weighted by Gasteiger charge is -2.44. The molecule has 0 spiro atoms. The van der Waals surface area contributed by atoms with E-state index in [0.717, 1.165) is 16.5 Å².